The van der Waals surface area contributed by atoms with Crippen LogP contribution in [-0.4, -0.2) is 37.9 Å². The van der Waals surface area contributed by atoms with Gasteiger partial charge < -0.3 is 24.7 Å². The Hall–Kier alpha value is -3.09. The molecule has 2 aromatic rings. The van der Waals surface area contributed by atoms with E-state index in [9.17, 15) is 14.9 Å². The molecule has 1 saturated heterocycles. The number of nitrogens with two attached hydrogens (primary N) is 1. The van der Waals surface area contributed by atoms with Crippen molar-refractivity contribution in [3.05, 3.63) is 45.8 Å². The van der Waals surface area contributed by atoms with Crippen LogP contribution in [0.2, 0.25) is 0 Å². The molecule has 0 amide bonds. The minimum absolute atomic E-state index is 0.107. The van der Waals surface area contributed by atoms with Crippen LogP contribution in [-0.2, 0) is 20.8 Å². The molecule has 158 valence electrons. The molecule has 1 fully saturated rings. The van der Waals surface area contributed by atoms with Gasteiger partial charge in [0.25, 0.3) is 0 Å². The molecule has 2 heterocycles. The second-order valence-electron chi connectivity index (χ2n) is 6.53. The number of carbonyl (C=O) groups excluding carboxylic acids is 2. The third kappa shape index (κ3) is 5.09. The number of carbonyl (C=O) groups is 2. The highest BCUT2D eigenvalue weighted by atomic mass is 32.1. The molecular formula is C21H22N2O6S. The first-order valence-electron chi connectivity index (χ1n) is 9.53. The molecule has 0 bridgehead atoms. The summed E-state index contributed by atoms with van der Waals surface area (Å²) in [6, 6.07) is 8.49. The Kier molecular flexibility index (Phi) is 7.27. The third-order valence-electron chi connectivity index (χ3n) is 4.50. The highest BCUT2D eigenvalue weighted by Gasteiger charge is 2.24. The van der Waals surface area contributed by atoms with Crippen molar-refractivity contribution in [2.75, 3.05) is 25.6 Å². The van der Waals surface area contributed by atoms with E-state index in [-0.39, 0.29) is 40.3 Å². The first-order valence-corrected chi connectivity index (χ1v) is 10.3. The van der Waals surface area contributed by atoms with Gasteiger partial charge in [0.1, 0.15) is 34.9 Å². The molecule has 9 heteroatoms. The SMILES string of the molecule is CCOC(=O)c1sc(N)c(C#N)c1COC(=O)c1ccc(OCC2CCCO2)cc1. The Labute approximate surface area is 178 Å². The molecule has 3 rings (SSSR count). The Morgan fingerprint density at radius 2 is 2.03 bits per heavy atom. The molecule has 8 nitrogen and oxygen atoms in total. The van der Waals surface area contributed by atoms with Gasteiger partial charge in [-0.05, 0) is 44.0 Å². The van der Waals surface area contributed by atoms with E-state index in [0.29, 0.717) is 17.9 Å². The van der Waals surface area contributed by atoms with Crippen molar-refractivity contribution in [2.24, 2.45) is 0 Å². The van der Waals surface area contributed by atoms with Gasteiger partial charge in [-0.1, -0.05) is 0 Å². The maximum Gasteiger partial charge on any atom is 0.348 e. The highest BCUT2D eigenvalue weighted by molar-refractivity contribution is 7.18. The van der Waals surface area contributed by atoms with Crippen molar-refractivity contribution in [3.8, 4) is 11.8 Å². The smallest absolute Gasteiger partial charge is 0.348 e. The average Bonchev–Trinajstić information content (AvgIpc) is 3.38. The zero-order valence-corrected chi connectivity index (χ0v) is 17.3. The van der Waals surface area contributed by atoms with Crippen molar-refractivity contribution >= 4 is 28.3 Å². The van der Waals surface area contributed by atoms with E-state index in [2.05, 4.69) is 0 Å². The van der Waals surface area contributed by atoms with Gasteiger partial charge in [-0.2, -0.15) is 5.26 Å². The standard InChI is InChI=1S/C21H22N2O6S/c1-2-26-21(25)18-17(16(10-22)19(23)30-18)12-29-20(24)13-5-7-14(8-6-13)28-11-15-4-3-9-27-15/h5-8,15H,2-4,9,11-12,23H2,1H3. The van der Waals surface area contributed by atoms with Crippen LogP contribution >= 0.6 is 11.3 Å². The van der Waals surface area contributed by atoms with E-state index in [1.165, 1.54) is 0 Å². The molecule has 2 N–H and O–H groups in total. The van der Waals surface area contributed by atoms with Crippen molar-refractivity contribution in [3.63, 3.8) is 0 Å². The number of rotatable bonds is 8. The Morgan fingerprint density at radius 3 is 2.67 bits per heavy atom. The van der Waals surface area contributed by atoms with Crippen molar-refractivity contribution in [2.45, 2.75) is 32.5 Å². The molecule has 1 aliphatic heterocycles. The summed E-state index contributed by atoms with van der Waals surface area (Å²) in [6.07, 6.45) is 2.13. The molecule has 0 radical (unpaired) electrons. The summed E-state index contributed by atoms with van der Waals surface area (Å²) in [5, 5.41) is 9.51. The summed E-state index contributed by atoms with van der Waals surface area (Å²) < 4.78 is 21.5. The normalized spacial score (nSPS) is 15.4. The molecule has 0 saturated carbocycles. The topological polar surface area (TPSA) is 121 Å². The average molecular weight is 430 g/mol. The van der Waals surface area contributed by atoms with E-state index in [1.807, 2.05) is 6.07 Å². The molecule has 0 aliphatic carbocycles. The Balaban J connectivity index is 1.62. The molecule has 1 aliphatic rings. The first kappa shape index (κ1) is 21.6. The summed E-state index contributed by atoms with van der Waals surface area (Å²) in [7, 11) is 0. The first-order chi connectivity index (χ1) is 14.5. The van der Waals surface area contributed by atoms with Crippen LogP contribution < -0.4 is 10.5 Å². The molecule has 1 aromatic carbocycles. The maximum absolute atomic E-state index is 12.4. The van der Waals surface area contributed by atoms with E-state index in [0.717, 1.165) is 30.8 Å². The number of hydrogen-bond acceptors (Lipinski definition) is 9. The summed E-state index contributed by atoms with van der Waals surface area (Å²) >= 11 is 0.942. The van der Waals surface area contributed by atoms with Gasteiger partial charge in [0, 0.05) is 12.2 Å². The third-order valence-corrected chi connectivity index (χ3v) is 5.55. The Bertz CT molecular complexity index is 942. The van der Waals surface area contributed by atoms with Gasteiger partial charge in [0.2, 0.25) is 0 Å². The number of nitriles is 1. The molecule has 1 aromatic heterocycles. The molecular weight excluding hydrogens is 408 g/mol. The highest BCUT2D eigenvalue weighted by Crippen LogP contribution is 2.32. The second-order valence-corrected chi connectivity index (χ2v) is 7.58. The van der Waals surface area contributed by atoms with Gasteiger partial charge >= 0.3 is 11.9 Å². The Morgan fingerprint density at radius 1 is 1.27 bits per heavy atom. The fourth-order valence-corrected chi connectivity index (χ4v) is 3.90. The van der Waals surface area contributed by atoms with Gasteiger partial charge in [-0.3, -0.25) is 0 Å². The number of hydrogen-bond donors (Lipinski definition) is 1. The van der Waals surface area contributed by atoms with Crippen LogP contribution in [0.1, 0.15) is 50.9 Å². The zero-order chi connectivity index (χ0) is 21.5. The molecule has 0 spiro atoms. The quantitative estimate of drug-likeness (QED) is 0.633. The minimum Gasteiger partial charge on any atom is -0.491 e. The van der Waals surface area contributed by atoms with E-state index >= 15 is 0 Å². The summed E-state index contributed by atoms with van der Waals surface area (Å²) in [5.74, 6) is -0.567. The number of benzene rings is 1. The number of esters is 2. The lowest BCUT2D eigenvalue weighted by Crippen LogP contribution is -2.16. The van der Waals surface area contributed by atoms with E-state index in [1.54, 1.807) is 31.2 Å². The monoisotopic (exact) mass is 430 g/mol. The largest absolute Gasteiger partial charge is 0.491 e. The van der Waals surface area contributed by atoms with Crippen molar-refractivity contribution in [1.82, 2.24) is 0 Å². The van der Waals surface area contributed by atoms with Crippen molar-refractivity contribution < 1.29 is 28.5 Å². The fourth-order valence-electron chi connectivity index (χ4n) is 2.98. The van der Waals surface area contributed by atoms with Gasteiger partial charge in [0.05, 0.1) is 23.8 Å². The van der Waals surface area contributed by atoms with E-state index < -0.39 is 11.9 Å². The van der Waals surface area contributed by atoms with E-state index in [4.69, 9.17) is 24.7 Å². The maximum atomic E-state index is 12.4. The van der Waals surface area contributed by atoms with Crippen LogP contribution in [0.15, 0.2) is 24.3 Å². The predicted octanol–water partition coefficient (Wildman–Crippen LogP) is 3.29. The lowest BCUT2D eigenvalue weighted by molar-refractivity contribution is 0.0452. The molecule has 1 unspecified atom stereocenters. The van der Waals surface area contributed by atoms with Gasteiger partial charge in [-0.15, -0.1) is 11.3 Å². The molecule has 1 atom stereocenters. The van der Waals surface area contributed by atoms with Crippen molar-refractivity contribution in [1.29, 1.82) is 5.26 Å². The van der Waals surface area contributed by atoms with Crippen LogP contribution in [0.3, 0.4) is 0 Å². The lowest BCUT2D eigenvalue weighted by atomic mass is 10.1. The number of thiophene rings is 1. The minimum atomic E-state index is -0.602. The number of ether oxygens (including phenoxy) is 4. The fraction of sp³-hybridized carbons (Fsp3) is 0.381. The number of anilines is 1. The van der Waals surface area contributed by atoms with Gasteiger partial charge in [0.15, 0.2) is 0 Å². The zero-order valence-electron chi connectivity index (χ0n) is 16.5. The summed E-state index contributed by atoms with van der Waals surface area (Å²) in [6.45, 7) is 2.82. The predicted molar refractivity (Wildman–Crippen MR) is 109 cm³/mol. The molecule has 30 heavy (non-hydrogen) atoms. The van der Waals surface area contributed by atoms with Gasteiger partial charge in [-0.25, -0.2) is 9.59 Å². The van der Waals surface area contributed by atoms with Crippen LogP contribution in [0, 0.1) is 11.3 Å². The summed E-state index contributed by atoms with van der Waals surface area (Å²) in [4.78, 5) is 24.7. The summed E-state index contributed by atoms with van der Waals surface area (Å²) in [5.41, 5.74) is 6.51. The second kappa shape index (κ2) is 10.1. The number of nitrogens with zero attached hydrogens (tertiary/aromatic N) is 1. The number of nitrogen functional groups attached to an aromatic ring is 1. The van der Waals surface area contributed by atoms with Crippen LogP contribution in [0.25, 0.3) is 0 Å². The lowest BCUT2D eigenvalue weighted by Gasteiger charge is -2.11. The van der Waals surface area contributed by atoms with Crippen LogP contribution in [0.4, 0.5) is 5.00 Å². The van der Waals surface area contributed by atoms with Crippen LogP contribution in [0.5, 0.6) is 5.75 Å².